The smallest absolute Gasteiger partial charge is 0.120 e. The molecule has 0 radical (unpaired) electrons. The molecule has 1 heterocycles. The lowest BCUT2D eigenvalue weighted by Crippen LogP contribution is -1.86. The number of hydrogen-bond acceptors (Lipinski definition) is 3. The van der Waals surface area contributed by atoms with Crippen LogP contribution in [0.5, 0.6) is 5.75 Å². The van der Waals surface area contributed by atoms with Crippen LogP contribution in [0.4, 0.5) is 5.69 Å². The zero-order chi connectivity index (χ0) is 8.55. The Morgan fingerprint density at radius 3 is 3.08 bits per heavy atom. The van der Waals surface area contributed by atoms with Crippen LogP contribution in [0.2, 0.25) is 0 Å². The molecule has 12 heavy (non-hydrogen) atoms. The van der Waals surface area contributed by atoms with Crippen LogP contribution in [-0.4, -0.2) is 12.7 Å². The quantitative estimate of drug-likeness (QED) is 0.706. The van der Waals surface area contributed by atoms with Crippen molar-refractivity contribution in [3.8, 4) is 5.75 Å². The summed E-state index contributed by atoms with van der Waals surface area (Å²) >= 11 is 0. The zero-order valence-electron chi connectivity index (χ0n) is 6.57. The van der Waals surface area contributed by atoms with E-state index in [0.29, 0.717) is 0 Å². The molecule has 0 aliphatic carbocycles. The highest BCUT2D eigenvalue weighted by atomic mass is 32.2. The van der Waals surface area contributed by atoms with Crippen LogP contribution in [0.1, 0.15) is 0 Å². The van der Waals surface area contributed by atoms with Crippen molar-refractivity contribution in [3.05, 3.63) is 18.2 Å². The first-order valence-electron chi connectivity index (χ1n) is 3.48. The third-order valence-electron chi connectivity index (χ3n) is 1.70. The van der Waals surface area contributed by atoms with Crippen molar-refractivity contribution in [3.63, 3.8) is 0 Å². The van der Waals surface area contributed by atoms with Gasteiger partial charge < -0.3 is 4.74 Å². The Kier molecular flexibility index (Phi) is 1.69. The first-order valence-corrected chi connectivity index (χ1v) is 4.76. The van der Waals surface area contributed by atoms with Gasteiger partial charge in [0.25, 0.3) is 0 Å². The maximum Gasteiger partial charge on any atom is 0.120 e. The fourth-order valence-electron chi connectivity index (χ4n) is 1.07. The van der Waals surface area contributed by atoms with Crippen LogP contribution in [-0.2, 0) is 10.7 Å². The number of nitrogens with one attached hydrogen (secondary N) is 1. The SMILES string of the molecule is COc1ccc2c(c1)S(=N)C=N2. The minimum atomic E-state index is -0.581. The van der Waals surface area contributed by atoms with Gasteiger partial charge in [0.15, 0.2) is 0 Å². The van der Waals surface area contributed by atoms with Gasteiger partial charge in [-0.25, -0.2) is 4.99 Å². The molecule has 62 valence electrons. The molecular weight excluding hydrogens is 172 g/mol. The molecule has 3 nitrogen and oxygen atoms in total. The number of rotatable bonds is 1. The summed E-state index contributed by atoms with van der Waals surface area (Å²) in [5.74, 6) is 0.795. The number of ether oxygens (including phenoxy) is 1. The second-order valence-corrected chi connectivity index (χ2v) is 3.73. The van der Waals surface area contributed by atoms with E-state index in [1.807, 2.05) is 18.2 Å². The minimum Gasteiger partial charge on any atom is -0.497 e. The van der Waals surface area contributed by atoms with E-state index >= 15 is 0 Å². The maximum atomic E-state index is 7.61. The summed E-state index contributed by atoms with van der Waals surface area (Å²) in [4.78, 5) is 5.05. The average molecular weight is 180 g/mol. The topological polar surface area (TPSA) is 45.4 Å². The number of benzene rings is 1. The fourth-order valence-corrected chi connectivity index (χ4v) is 1.99. The Hall–Kier alpha value is -1.16. The average Bonchev–Trinajstić information content (AvgIpc) is 2.47. The maximum absolute atomic E-state index is 7.61. The lowest BCUT2D eigenvalue weighted by atomic mass is 10.3. The highest BCUT2D eigenvalue weighted by Crippen LogP contribution is 2.30. The predicted molar refractivity (Wildman–Crippen MR) is 49.5 cm³/mol. The monoisotopic (exact) mass is 180 g/mol. The Morgan fingerprint density at radius 2 is 2.33 bits per heavy atom. The van der Waals surface area contributed by atoms with E-state index in [4.69, 9.17) is 9.52 Å². The summed E-state index contributed by atoms with van der Waals surface area (Å²) in [6, 6.07) is 5.61. The molecule has 0 spiro atoms. The van der Waals surface area contributed by atoms with Gasteiger partial charge in [0, 0.05) is 0 Å². The van der Waals surface area contributed by atoms with E-state index in [-0.39, 0.29) is 0 Å². The van der Waals surface area contributed by atoms with Crippen molar-refractivity contribution in [2.24, 2.45) is 4.99 Å². The van der Waals surface area contributed by atoms with E-state index < -0.39 is 10.7 Å². The molecule has 0 fully saturated rings. The van der Waals surface area contributed by atoms with Gasteiger partial charge in [0.2, 0.25) is 0 Å². The summed E-state index contributed by atoms with van der Waals surface area (Å²) < 4.78 is 12.7. The van der Waals surface area contributed by atoms with Crippen LogP contribution in [0.3, 0.4) is 0 Å². The second kappa shape index (κ2) is 2.71. The third-order valence-corrected chi connectivity index (χ3v) is 2.82. The van der Waals surface area contributed by atoms with Gasteiger partial charge in [-0.3, -0.25) is 4.78 Å². The molecule has 1 aliphatic rings. The molecule has 1 N–H and O–H groups in total. The van der Waals surface area contributed by atoms with Crippen molar-refractivity contribution in [2.45, 2.75) is 4.90 Å². The van der Waals surface area contributed by atoms with Crippen LogP contribution in [0.25, 0.3) is 0 Å². The molecule has 2 rings (SSSR count). The van der Waals surface area contributed by atoms with E-state index in [0.717, 1.165) is 16.3 Å². The van der Waals surface area contributed by atoms with Gasteiger partial charge in [0.05, 0.1) is 23.2 Å². The molecule has 1 aromatic rings. The summed E-state index contributed by atoms with van der Waals surface area (Å²) in [5, 5.41) is 0. The summed E-state index contributed by atoms with van der Waals surface area (Å²) in [5.41, 5.74) is 2.55. The summed E-state index contributed by atoms with van der Waals surface area (Å²) in [6.07, 6.45) is 0. The Bertz CT molecular complexity index is 373. The number of methoxy groups -OCH3 is 1. The van der Waals surface area contributed by atoms with Gasteiger partial charge in [-0.1, -0.05) is 0 Å². The van der Waals surface area contributed by atoms with Gasteiger partial charge in [-0.2, -0.15) is 0 Å². The Balaban J connectivity index is 2.55. The number of hydrogen-bond donors (Lipinski definition) is 1. The van der Waals surface area contributed by atoms with Crippen molar-refractivity contribution in [1.82, 2.24) is 0 Å². The highest BCUT2D eigenvalue weighted by Gasteiger charge is 2.11. The molecule has 0 saturated heterocycles. The largest absolute Gasteiger partial charge is 0.497 e. The molecule has 1 aromatic carbocycles. The van der Waals surface area contributed by atoms with E-state index in [1.54, 1.807) is 12.7 Å². The van der Waals surface area contributed by atoms with Crippen LogP contribution < -0.4 is 4.74 Å². The van der Waals surface area contributed by atoms with Crippen molar-refractivity contribution in [2.75, 3.05) is 7.11 Å². The highest BCUT2D eigenvalue weighted by molar-refractivity contribution is 8.00. The van der Waals surface area contributed by atoms with Crippen LogP contribution >= 0.6 is 0 Å². The van der Waals surface area contributed by atoms with Crippen LogP contribution in [0.15, 0.2) is 28.1 Å². The number of fused-ring (bicyclic) bond motifs is 1. The van der Waals surface area contributed by atoms with Gasteiger partial charge in [0.1, 0.15) is 5.75 Å². The molecule has 4 heteroatoms. The predicted octanol–water partition coefficient (Wildman–Crippen LogP) is 2.11. The molecule has 1 aliphatic heterocycles. The minimum absolute atomic E-state index is 0.581. The van der Waals surface area contributed by atoms with Gasteiger partial charge in [-0.15, -0.1) is 0 Å². The van der Waals surface area contributed by atoms with Crippen molar-refractivity contribution >= 4 is 21.9 Å². The van der Waals surface area contributed by atoms with Gasteiger partial charge >= 0.3 is 0 Å². The summed E-state index contributed by atoms with van der Waals surface area (Å²) in [7, 11) is 1.04. The Labute approximate surface area is 73.0 Å². The molecule has 0 saturated carbocycles. The standard InChI is InChI=1S/C8H8N2OS/c1-11-6-2-3-7-8(4-6)12(9)5-10-7/h2-5,9H,1H3. The number of aliphatic imine (C=N–C) groups is 1. The second-order valence-electron chi connectivity index (χ2n) is 2.41. The lowest BCUT2D eigenvalue weighted by Gasteiger charge is -2.01. The van der Waals surface area contributed by atoms with Crippen molar-refractivity contribution in [1.29, 1.82) is 4.78 Å². The van der Waals surface area contributed by atoms with E-state index in [9.17, 15) is 0 Å². The zero-order valence-corrected chi connectivity index (χ0v) is 7.39. The first-order chi connectivity index (χ1) is 5.81. The number of nitrogens with zero attached hydrogens (tertiary/aromatic N) is 1. The molecule has 1 atom stereocenters. The fraction of sp³-hybridized carbons (Fsp3) is 0.125. The van der Waals surface area contributed by atoms with E-state index in [1.165, 1.54) is 0 Å². The molecule has 0 aromatic heterocycles. The third kappa shape index (κ3) is 1.04. The molecule has 0 bridgehead atoms. The molecule has 0 amide bonds. The van der Waals surface area contributed by atoms with Crippen molar-refractivity contribution < 1.29 is 4.74 Å². The van der Waals surface area contributed by atoms with Crippen LogP contribution in [0, 0.1) is 4.78 Å². The van der Waals surface area contributed by atoms with Gasteiger partial charge in [-0.05, 0) is 28.9 Å². The molecular formula is C8H8N2OS. The lowest BCUT2D eigenvalue weighted by molar-refractivity contribution is 0.414. The molecule has 1 unspecified atom stereocenters. The Morgan fingerprint density at radius 1 is 1.50 bits per heavy atom. The first kappa shape index (κ1) is 7.49. The summed E-state index contributed by atoms with van der Waals surface area (Å²) in [6.45, 7) is 0. The van der Waals surface area contributed by atoms with E-state index in [2.05, 4.69) is 4.99 Å². The normalized spacial score (nSPS) is 19.2.